The molecule has 0 saturated carbocycles. The lowest BCUT2D eigenvalue weighted by atomic mass is 9.99. The molecule has 0 aliphatic heterocycles. The molecule has 2 atom stereocenters. The molecule has 1 aromatic carbocycles. The highest BCUT2D eigenvalue weighted by atomic mass is 16.3. The smallest absolute Gasteiger partial charge is 0.0994 e. The predicted molar refractivity (Wildman–Crippen MR) is 54.5 cm³/mol. The van der Waals surface area contributed by atoms with Gasteiger partial charge in [-0.15, -0.1) is 0 Å². The number of nitrogens with two attached hydrogens (primary N) is 1. The van der Waals surface area contributed by atoms with Gasteiger partial charge in [0, 0.05) is 0 Å². The van der Waals surface area contributed by atoms with Gasteiger partial charge in [-0.25, -0.2) is 0 Å². The highest BCUT2D eigenvalue weighted by Gasteiger charge is 2.12. The summed E-state index contributed by atoms with van der Waals surface area (Å²) in [6, 6.07) is 7.08. The lowest BCUT2D eigenvalue weighted by Gasteiger charge is -2.15. The van der Waals surface area contributed by atoms with Crippen molar-refractivity contribution < 1.29 is 5.11 Å². The van der Waals surface area contributed by atoms with Crippen molar-refractivity contribution in [3.05, 3.63) is 34.9 Å². The van der Waals surface area contributed by atoms with Crippen molar-refractivity contribution in [2.45, 2.75) is 26.0 Å². The zero-order valence-electron chi connectivity index (χ0n) is 8.36. The van der Waals surface area contributed by atoms with E-state index in [9.17, 15) is 5.11 Å². The van der Waals surface area contributed by atoms with Crippen LogP contribution in [-0.4, -0.2) is 11.2 Å². The Morgan fingerprint density at radius 3 is 2.64 bits per heavy atom. The molecular weight excluding hydrogens is 176 g/mol. The van der Waals surface area contributed by atoms with Crippen molar-refractivity contribution in [1.82, 2.24) is 0 Å². The number of hydrogen-bond donors (Lipinski definition) is 2. The van der Waals surface area contributed by atoms with Gasteiger partial charge >= 0.3 is 0 Å². The van der Waals surface area contributed by atoms with Gasteiger partial charge in [0.2, 0.25) is 0 Å². The molecule has 0 aliphatic rings. The van der Waals surface area contributed by atoms with Crippen LogP contribution >= 0.6 is 0 Å². The molecule has 1 rings (SSSR count). The van der Waals surface area contributed by atoms with Gasteiger partial charge in [0.25, 0.3) is 0 Å². The summed E-state index contributed by atoms with van der Waals surface area (Å²) in [6.07, 6.45) is -0.607. The van der Waals surface area contributed by atoms with Gasteiger partial charge in [-0.1, -0.05) is 12.1 Å². The molecule has 1 aromatic rings. The van der Waals surface area contributed by atoms with Gasteiger partial charge in [0.05, 0.1) is 23.8 Å². The van der Waals surface area contributed by atoms with Crippen LogP contribution in [0.15, 0.2) is 18.2 Å². The molecule has 0 spiro atoms. The fourth-order valence-corrected chi connectivity index (χ4v) is 1.25. The average molecular weight is 190 g/mol. The molecule has 0 unspecified atom stereocenters. The quantitative estimate of drug-likeness (QED) is 0.737. The van der Waals surface area contributed by atoms with Crippen LogP contribution in [0.25, 0.3) is 0 Å². The van der Waals surface area contributed by atoms with E-state index in [4.69, 9.17) is 11.0 Å². The van der Waals surface area contributed by atoms with E-state index in [1.165, 1.54) is 0 Å². The van der Waals surface area contributed by atoms with E-state index >= 15 is 0 Å². The molecule has 0 fully saturated rings. The first kappa shape index (κ1) is 10.7. The second-order valence-corrected chi connectivity index (χ2v) is 3.45. The molecule has 0 bridgehead atoms. The summed E-state index contributed by atoms with van der Waals surface area (Å²) in [6.45, 7) is 3.51. The Morgan fingerprint density at radius 2 is 2.14 bits per heavy atom. The molecule has 0 heterocycles. The number of hydrogen-bond acceptors (Lipinski definition) is 3. The molecule has 14 heavy (non-hydrogen) atoms. The third-order valence-corrected chi connectivity index (χ3v) is 2.29. The van der Waals surface area contributed by atoms with Crippen molar-refractivity contribution in [3.63, 3.8) is 0 Å². The minimum Gasteiger partial charge on any atom is -0.391 e. The Hall–Kier alpha value is -1.37. The third kappa shape index (κ3) is 2.11. The Labute approximate surface area is 83.8 Å². The fraction of sp³-hybridized carbons (Fsp3) is 0.364. The average Bonchev–Trinajstić information content (AvgIpc) is 2.17. The van der Waals surface area contributed by atoms with E-state index < -0.39 is 12.1 Å². The number of benzene rings is 1. The summed E-state index contributed by atoms with van der Waals surface area (Å²) in [5, 5.41) is 18.1. The number of rotatable bonds is 2. The number of aliphatic hydroxyl groups excluding tert-OH is 1. The van der Waals surface area contributed by atoms with Crippen molar-refractivity contribution in [1.29, 1.82) is 5.26 Å². The molecule has 3 nitrogen and oxygen atoms in total. The Balaban J connectivity index is 3.08. The van der Waals surface area contributed by atoms with Crippen molar-refractivity contribution >= 4 is 0 Å². The van der Waals surface area contributed by atoms with Crippen LogP contribution in [0.4, 0.5) is 0 Å². The second-order valence-electron chi connectivity index (χ2n) is 3.45. The zero-order chi connectivity index (χ0) is 10.7. The molecule has 74 valence electrons. The van der Waals surface area contributed by atoms with Gasteiger partial charge in [0.15, 0.2) is 0 Å². The fourth-order valence-electron chi connectivity index (χ4n) is 1.25. The van der Waals surface area contributed by atoms with E-state index in [2.05, 4.69) is 6.07 Å². The second kappa shape index (κ2) is 4.23. The monoisotopic (exact) mass is 190 g/mol. The highest BCUT2D eigenvalue weighted by molar-refractivity contribution is 5.40. The molecule has 0 aromatic heterocycles. The van der Waals surface area contributed by atoms with Crippen LogP contribution in [0.3, 0.4) is 0 Å². The van der Waals surface area contributed by atoms with Crippen LogP contribution in [0.1, 0.15) is 29.7 Å². The lowest BCUT2D eigenvalue weighted by molar-refractivity contribution is 0.164. The first-order valence-corrected chi connectivity index (χ1v) is 4.50. The van der Waals surface area contributed by atoms with Crippen LogP contribution in [0.5, 0.6) is 0 Å². The van der Waals surface area contributed by atoms with Gasteiger partial charge in [-0.2, -0.15) is 5.26 Å². The summed E-state index contributed by atoms with van der Waals surface area (Å²) < 4.78 is 0. The maximum Gasteiger partial charge on any atom is 0.0994 e. The molecule has 0 amide bonds. The SMILES string of the molecule is Cc1ccc([C@@H](N)[C@H](C)O)cc1C#N. The highest BCUT2D eigenvalue weighted by Crippen LogP contribution is 2.17. The van der Waals surface area contributed by atoms with Crippen LogP contribution in [0, 0.1) is 18.3 Å². The van der Waals surface area contributed by atoms with Crippen molar-refractivity contribution in [2.24, 2.45) is 5.73 Å². The van der Waals surface area contributed by atoms with E-state index in [1.807, 2.05) is 19.1 Å². The van der Waals surface area contributed by atoms with Crippen LogP contribution < -0.4 is 5.73 Å². The first-order chi connectivity index (χ1) is 6.56. The molecular formula is C11H14N2O. The molecule has 0 aliphatic carbocycles. The normalized spacial score (nSPS) is 14.5. The molecule has 3 N–H and O–H groups in total. The maximum atomic E-state index is 9.30. The number of nitriles is 1. The minimum absolute atomic E-state index is 0.428. The predicted octanol–water partition coefficient (Wildman–Crippen LogP) is 1.25. The Morgan fingerprint density at radius 1 is 1.50 bits per heavy atom. The van der Waals surface area contributed by atoms with Crippen molar-refractivity contribution in [2.75, 3.05) is 0 Å². The third-order valence-electron chi connectivity index (χ3n) is 2.29. The molecule has 0 radical (unpaired) electrons. The van der Waals surface area contributed by atoms with Crippen molar-refractivity contribution in [3.8, 4) is 6.07 Å². The van der Waals surface area contributed by atoms with Gasteiger partial charge in [0.1, 0.15) is 0 Å². The van der Waals surface area contributed by atoms with Crippen LogP contribution in [0.2, 0.25) is 0 Å². The van der Waals surface area contributed by atoms with Gasteiger partial charge in [-0.05, 0) is 31.0 Å². The molecule has 3 heteroatoms. The summed E-state index contributed by atoms with van der Waals surface area (Å²) in [7, 11) is 0. The molecule has 0 saturated heterocycles. The zero-order valence-corrected chi connectivity index (χ0v) is 8.36. The van der Waals surface area contributed by atoms with E-state index in [0.29, 0.717) is 5.56 Å². The minimum atomic E-state index is -0.607. The van der Waals surface area contributed by atoms with Gasteiger partial charge < -0.3 is 10.8 Å². The lowest BCUT2D eigenvalue weighted by Crippen LogP contribution is -2.23. The standard InChI is InChI=1S/C11H14N2O/c1-7-3-4-9(5-10(7)6-12)11(13)8(2)14/h3-5,8,11,14H,13H2,1-2H3/t8-,11-/m0/s1. The summed E-state index contributed by atoms with van der Waals surface area (Å²) >= 11 is 0. The van der Waals surface area contributed by atoms with E-state index in [-0.39, 0.29) is 0 Å². The number of nitrogens with zero attached hydrogens (tertiary/aromatic N) is 1. The van der Waals surface area contributed by atoms with Crippen LogP contribution in [-0.2, 0) is 0 Å². The first-order valence-electron chi connectivity index (χ1n) is 4.50. The summed E-state index contributed by atoms with van der Waals surface area (Å²) in [4.78, 5) is 0. The topological polar surface area (TPSA) is 70.0 Å². The Kier molecular flexibility index (Phi) is 3.23. The number of aryl methyl sites for hydroxylation is 1. The van der Waals surface area contributed by atoms with E-state index in [0.717, 1.165) is 11.1 Å². The largest absolute Gasteiger partial charge is 0.391 e. The maximum absolute atomic E-state index is 9.30. The summed E-state index contributed by atoms with van der Waals surface area (Å²) in [5.74, 6) is 0. The number of aliphatic hydroxyl groups is 1. The summed E-state index contributed by atoms with van der Waals surface area (Å²) in [5.41, 5.74) is 8.08. The van der Waals surface area contributed by atoms with E-state index in [1.54, 1.807) is 13.0 Å². The van der Waals surface area contributed by atoms with Gasteiger partial charge in [-0.3, -0.25) is 0 Å². The Bertz CT molecular complexity index is 366.